The molecule has 0 unspecified atom stereocenters. The molecule has 2 rings (SSSR count). The smallest absolute Gasteiger partial charge is 0.271 e. The number of carbonyl (C=O) groups excluding carboxylic acids is 1. The molecule has 0 heterocycles. The molecule has 0 atom stereocenters. The number of carbonyl (C=O) groups is 1. The number of ether oxygens (including phenoxy) is 1. The van der Waals surface area contributed by atoms with Gasteiger partial charge in [0.25, 0.3) is 5.91 Å². The highest BCUT2D eigenvalue weighted by Crippen LogP contribution is 2.24. The summed E-state index contributed by atoms with van der Waals surface area (Å²) in [6, 6.07) is 10.5. The zero-order valence-corrected chi connectivity index (χ0v) is 17.1. The van der Waals surface area contributed by atoms with Crippen molar-refractivity contribution in [3.05, 3.63) is 51.1 Å². The van der Waals surface area contributed by atoms with E-state index in [0.717, 1.165) is 22.3 Å². The fraction of sp³-hybridized carbons (Fsp3) is 0.263. The Morgan fingerprint density at radius 1 is 1.27 bits per heavy atom. The van der Waals surface area contributed by atoms with Crippen LogP contribution in [0.1, 0.15) is 29.8 Å². The van der Waals surface area contributed by atoms with E-state index in [-0.39, 0.29) is 11.7 Å². The van der Waals surface area contributed by atoms with Crippen molar-refractivity contribution in [2.24, 2.45) is 5.10 Å². The Balaban J connectivity index is 2.06. The molecule has 0 aliphatic heterocycles. The van der Waals surface area contributed by atoms with Gasteiger partial charge < -0.3 is 14.7 Å². The second kappa shape index (κ2) is 9.42. The normalized spacial score (nSPS) is 10.8. The Bertz CT molecular complexity index is 805. The third-order valence-corrected chi connectivity index (χ3v) is 4.77. The van der Waals surface area contributed by atoms with Crippen molar-refractivity contribution >= 4 is 40.4 Å². The summed E-state index contributed by atoms with van der Waals surface area (Å²) in [6.07, 6.45) is 1.42. The lowest BCUT2D eigenvalue weighted by Gasteiger charge is -2.21. The van der Waals surface area contributed by atoms with Gasteiger partial charge in [-0.3, -0.25) is 4.79 Å². The minimum atomic E-state index is -0.332. The van der Waals surface area contributed by atoms with Gasteiger partial charge in [0.2, 0.25) is 0 Å². The van der Waals surface area contributed by atoms with Gasteiger partial charge in [0.15, 0.2) is 0 Å². The maximum Gasteiger partial charge on any atom is 0.271 e. The molecular formula is C19H22IN3O3. The van der Waals surface area contributed by atoms with Gasteiger partial charge in [-0.25, -0.2) is 5.43 Å². The Labute approximate surface area is 167 Å². The van der Waals surface area contributed by atoms with E-state index in [2.05, 4.69) is 51.9 Å². The third kappa shape index (κ3) is 4.87. The van der Waals surface area contributed by atoms with Crippen LogP contribution in [0.3, 0.4) is 0 Å². The van der Waals surface area contributed by atoms with Crippen LogP contribution in [0.25, 0.3) is 0 Å². The van der Waals surface area contributed by atoms with Crippen LogP contribution >= 0.6 is 22.6 Å². The van der Waals surface area contributed by atoms with Crippen LogP contribution in [0.4, 0.5) is 5.69 Å². The molecule has 2 N–H and O–H groups in total. The summed E-state index contributed by atoms with van der Waals surface area (Å²) in [7, 11) is 1.58. The zero-order valence-electron chi connectivity index (χ0n) is 15.0. The molecule has 0 spiro atoms. The lowest BCUT2D eigenvalue weighted by atomic mass is 10.2. The maximum absolute atomic E-state index is 12.2. The number of halogens is 1. The molecule has 2 aromatic rings. The molecule has 0 saturated carbocycles. The van der Waals surface area contributed by atoms with Crippen LogP contribution in [-0.4, -0.2) is 37.4 Å². The van der Waals surface area contributed by atoms with E-state index in [1.165, 1.54) is 6.21 Å². The van der Waals surface area contributed by atoms with Crippen LogP contribution in [0.2, 0.25) is 0 Å². The highest BCUT2D eigenvalue weighted by Gasteiger charge is 2.09. The fourth-order valence-electron chi connectivity index (χ4n) is 2.46. The van der Waals surface area contributed by atoms with E-state index >= 15 is 0 Å². The van der Waals surface area contributed by atoms with E-state index in [1.54, 1.807) is 37.4 Å². The van der Waals surface area contributed by atoms with Gasteiger partial charge in [0.05, 0.1) is 16.9 Å². The standard InChI is InChI=1S/C19H22IN3O3/c1-4-23(5-2)15-8-6-14(17(24)11-15)12-21-22-19(25)13-7-9-18(26-3)16(20)10-13/h6-12,24H,4-5H2,1-3H3,(H,22,25). The second-order valence-corrected chi connectivity index (χ2v) is 6.63. The van der Waals surface area contributed by atoms with Crippen LogP contribution < -0.4 is 15.1 Å². The Hall–Kier alpha value is -2.29. The van der Waals surface area contributed by atoms with Gasteiger partial charge in [-0.2, -0.15) is 5.10 Å². The van der Waals surface area contributed by atoms with Crippen molar-refractivity contribution in [2.45, 2.75) is 13.8 Å². The highest BCUT2D eigenvalue weighted by molar-refractivity contribution is 14.1. The van der Waals surface area contributed by atoms with Gasteiger partial charge >= 0.3 is 0 Å². The number of nitrogens with zero attached hydrogens (tertiary/aromatic N) is 2. The summed E-state index contributed by atoms with van der Waals surface area (Å²) >= 11 is 2.10. The van der Waals surface area contributed by atoms with Crippen molar-refractivity contribution in [3.8, 4) is 11.5 Å². The molecule has 0 saturated heterocycles. The van der Waals surface area contributed by atoms with Crippen molar-refractivity contribution < 1.29 is 14.6 Å². The van der Waals surface area contributed by atoms with Crippen molar-refractivity contribution in [1.29, 1.82) is 0 Å². The Kier molecular flexibility index (Phi) is 7.26. The Morgan fingerprint density at radius 2 is 2.00 bits per heavy atom. The predicted octanol–water partition coefficient (Wildman–Crippen LogP) is 3.62. The number of hydrazone groups is 1. The molecule has 138 valence electrons. The van der Waals surface area contributed by atoms with Crippen LogP contribution in [0.15, 0.2) is 41.5 Å². The van der Waals surface area contributed by atoms with Gasteiger partial charge in [0, 0.05) is 36.0 Å². The second-order valence-electron chi connectivity index (χ2n) is 5.46. The van der Waals surface area contributed by atoms with Crippen LogP contribution in [0.5, 0.6) is 11.5 Å². The number of hydrogen-bond donors (Lipinski definition) is 2. The average molecular weight is 467 g/mol. The number of aromatic hydroxyl groups is 1. The minimum Gasteiger partial charge on any atom is -0.507 e. The highest BCUT2D eigenvalue weighted by atomic mass is 127. The molecule has 0 radical (unpaired) electrons. The van der Waals surface area contributed by atoms with E-state index < -0.39 is 0 Å². The first-order valence-electron chi connectivity index (χ1n) is 8.25. The molecule has 26 heavy (non-hydrogen) atoms. The summed E-state index contributed by atoms with van der Waals surface area (Å²) in [5.74, 6) is 0.497. The molecule has 7 heteroatoms. The van der Waals surface area contributed by atoms with Crippen LogP contribution in [0, 0.1) is 3.57 Å². The predicted molar refractivity (Wildman–Crippen MR) is 112 cm³/mol. The van der Waals surface area contributed by atoms with Gasteiger partial charge in [-0.05, 0) is 66.8 Å². The molecule has 6 nitrogen and oxygen atoms in total. The number of anilines is 1. The minimum absolute atomic E-state index is 0.117. The lowest BCUT2D eigenvalue weighted by molar-refractivity contribution is 0.0955. The average Bonchev–Trinajstić information content (AvgIpc) is 2.64. The number of nitrogens with one attached hydrogen (secondary N) is 1. The largest absolute Gasteiger partial charge is 0.507 e. The monoisotopic (exact) mass is 467 g/mol. The van der Waals surface area contributed by atoms with Crippen molar-refractivity contribution in [1.82, 2.24) is 5.43 Å². The van der Waals surface area contributed by atoms with E-state index in [9.17, 15) is 9.90 Å². The number of benzene rings is 2. The first-order valence-corrected chi connectivity index (χ1v) is 9.32. The first kappa shape index (κ1) is 20.0. The maximum atomic E-state index is 12.2. The summed E-state index contributed by atoms with van der Waals surface area (Å²) in [5, 5.41) is 14.1. The third-order valence-electron chi connectivity index (χ3n) is 3.93. The van der Waals surface area contributed by atoms with Gasteiger partial charge in [-0.15, -0.1) is 0 Å². The molecule has 2 aromatic carbocycles. The van der Waals surface area contributed by atoms with Gasteiger partial charge in [-0.1, -0.05) is 0 Å². The molecule has 0 fully saturated rings. The number of amides is 1. The summed E-state index contributed by atoms with van der Waals surface area (Å²) in [5.41, 5.74) is 4.42. The van der Waals surface area contributed by atoms with Gasteiger partial charge in [0.1, 0.15) is 11.5 Å². The SMILES string of the molecule is CCN(CC)c1ccc(C=NNC(=O)c2ccc(OC)c(I)c2)c(O)c1. The first-order chi connectivity index (χ1) is 12.5. The summed E-state index contributed by atoms with van der Waals surface area (Å²) in [6.45, 7) is 5.85. The molecule has 0 aromatic heterocycles. The topological polar surface area (TPSA) is 74.2 Å². The Morgan fingerprint density at radius 3 is 2.58 bits per heavy atom. The molecule has 0 bridgehead atoms. The quantitative estimate of drug-likeness (QED) is 0.371. The van der Waals surface area contributed by atoms with Crippen molar-refractivity contribution in [3.63, 3.8) is 0 Å². The van der Waals surface area contributed by atoms with E-state index in [0.29, 0.717) is 16.9 Å². The number of hydrogen-bond acceptors (Lipinski definition) is 5. The molecule has 0 aliphatic rings. The molecular weight excluding hydrogens is 445 g/mol. The molecule has 0 aliphatic carbocycles. The summed E-state index contributed by atoms with van der Waals surface area (Å²) < 4.78 is 6.01. The lowest BCUT2D eigenvalue weighted by Crippen LogP contribution is -2.21. The fourth-order valence-corrected chi connectivity index (χ4v) is 3.19. The van der Waals surface area contributed by atoms with E-state index in [4.69, 9.17) is 4.74 Å². The summed E-state index contributed by atoms with van der Waals surface area (Å²) in [4.78, 5) is 14.3. The number of methoxy groups -OCH3 is 1. The number of phenolic OH excluding ortho intramolecular Hbond substituents is 1. The molecule has 1 amide bonds. The van der Waals surface area contributed by atoms with Crippen LogP contribution in [-0.2, 0) is 0 Å². The number of rotatable bonds is 7. The van der Waals surface area contributed by atoms with Crippen molar-refractivity contribution in [2.75, 3.05) is 25.1 Å². The zero-order chi connectivity index (χ0) is 19.1. The number of phenols is 1. The van der Waals surface area contributed by atoms with E-state index in [1.807, 2.05) is 6.07 Å².